The lowest BCUT2D eigenvalue weighted by molar-refractivity contribution is -0.155. The molecule has 1 atom stereocenters. The monoisotopic (exact) mass is 251 g/mol. The summed E-state index contributed by atoms with van der Waals surface area (Å²) >= 11 is 0. The van der Waals surface area contributed by atoms with Crippen LogP contribution in [0.1, 0.15) is 26.7 Å². The summed E-state index contributed by atoms with van der Waals surface area (Å²) in [5.41, 5.74) is 4.72. The second-order valence-electron chi connectivity index (χ2n) is 3.94. The molecule has 0 spiro atoms. The van der Waals surface area contributed by atoms with Gasteiger partial charge in [-0.15, -0.1) is 0 Å². The lowest BCUT2D eigenvalue weighted by Crippen LogP contribution is -2.41. The quantitative estimate of drug-likeness (QED) is 0.659. The Balaban J connectivity index is 4.75. The average Bonchev–Trinajstić information content (AvgIpc) is 2.19. The topological polar surface area (TPSA) is 86.5 Å². The van der Waals surface area contributed by atoms with Gasteiger partial charge in [0.05, 0.1) is 17.8 Å². The Morgan fingerprint density at radius 2 is 1.94 bits per heavy atom. The molecule has 0 fully saturated rings. The summed E-state index contributed by atoms with van der Waals surface area (Å²) in [6.45, 7) is 3.91. The van der Waals surface area contributed by atoms with Gasteiger partial charge in [0.2, 0.25) is 0 Å². The summed E-state index contributed by atoms with van der Waals surface area (Å²) in [4.78, 5) is 11.7. The van der Waals surface area contributed by atoms with Crippen molar-refractivity contribution in [3.63, 3.8) is 0 Å². The molecule has 0 heterocycles. The molecule has 0 aromatic heterocycles. The molecule has 2 N–H and O–H groups in total. The van der Waals surface area contributed by atoms with Crippen molar-refractivity contribution in [2.24, 2.45) is 11.1 Å². The van der Waals surface area contributed by atoms with E-state index in [1.165, 1.54) is 0 Å². The maximum atomic E-state index is 11.7. The van der Waals surface area contributed by atoms with Gasteiger partial charge < -0.3 is 10.5 Å². The maximum absolute atomic E-state index is 11.7. The molecule has 0 aromatic carbocycles. The number of rotatable bonds is 7. The Morgan fingerprint density at radius 1 is 1.38 bits per heavy atom. The first-order valence-corrected chi connectivity index (χ1v) is 7.42. The number of ether oxygens (including phenoxy) is 1. The fraction of sp³-hybridized carbons (Fsp3) is 0.900. The van der Waals surface area contributed by atoms with E-state index in [0.29, 0.717) is 6.42 Å². The number of nitrogens with two attached hydrogens (primary N) is 1. The average molecular weight is 251 g/mol. The summed E-state index contributed by atoms with van der Waals surface area (Å²) in [6, 6.07) is 0. The molecule has 96 valence electrons. The fourth-order valence-electron chi connectivity index (χ4n) is 1.42. The Labute approximate surface area is 97.3 Å². The van der Waals surface area contributed by atoms with Gasteiger partial charge in [-0.2, -0.15) is 0 Å². The third kappa shape index (κ3) is 4.49. The van der Waals surface area contributed by atoms with Gasteiger partial charge in [0, 0.05) is 12.8 Å². The van der Waals surface area contributed by atoms with Gasteiger partial charge in [0.1, 0.15) is 9.84 Å². The Kier molecular flexibility index (Phi) is 5.96. The first-order chi connectivity index (χ1) is 7.31. The van der Waals surface area contributed by atoms with E-state index in [9.17, 15) is 13.2 Å². The molecule has 0 radical (unpaired) electrons. The standard InChI is InChI=1S/C10H21NO4S/c1-4-10(8-11,9(12)15-5-2)6-7-16(3,13)14/h4-8,11H2,1-3H3. The lowest BCUT2D eigenvalue weighted by Gasteiger charge is -2.28. The molecule has 0 bridgehead atoms. The number of sulfone groups is 1. The van der Waals surface area contributed by atoms with Crippen LogP contribution < -0.4 is 5.73 Å². The second-order valence-corrected chi connectivity index (χ2v) is 6.20. The van der Waals surface area contributed by atoms with E-state index >= 15 is 0 Å². The molecule has 0 saturated carbocycles. The first-order valence-electron chi connectivity index (χ1n) is 5.36. The van der Waals surface area contributed by atoms with Gasteiger partial charge in [-0.05, 0) is 19.8 Å². The summed E-state index contributed by atoms with van der Waals surface area (Å²) in [5.74, 6) is -0.444. The minimum atomic E-state index is -3.09. The van der Waals surface area contributed by atoms with Gasteiger partial charge in [-0.25, -0.2) is 8.42 Å². The van der Waals surface area contributed by atoms with Gasteiger partial charge in [0.25, 0.3) is 0 Å². The first kappa shape index (κ1) is 15.4. The van der Waals surface area contributed by atoms with Crippen LogP contribution in [0.3, 0.4) is 0 Å². The zero-order valence-corrected chi connectivity index (χ0v) is 11.0. The van der Waals surface area contributed by atoms with Crippen LogP contribution in [0.2, 0.25) is 0 Å². The van der Waals surface area contributed by atoms with Crippen LogP contribution in [-0.2, 0) is 19.4 Å². The Bertz CT molecular complexity index is 320. The van der Waals surface area contributed by atoms with Crippen molar-refractivity contribution in [1.29, 1.82) is 0 Å². The van der Waals surface area contributed by atoms with Crippen LogP contribution in [0.4, 0.5) is 0 Å². The SMILES string of the molecule is CCOC(=O)C(CC)(CN)CCS(C)(=O)=O. The molecular weight excluding hydrogens is 230 g/mol. The molecule has 16 heavy (non-hydrogen) atoms. The van der Waals surface area contributed by atoms with Crippen LogP contribution in [-0.4, -0.2) is 39.5 Å². The van der Waals surface area contributed by atoms with Crippen molar-refractivity contribution in [3.8, 4) is 0 Å². The molecule has 1 unspecified atom stereocenters. The van der Waals surface area contributed by atoms with Crippen LogP contribution in [0.5, 0.6) is 0 Å². The molecular formula is C10H21NO4S. The third-order valence-corrected chi connectivity index (χ3v) is 3.67. The largest absolute Gasteiger partial charge is 0.466 e. The number of carbonyl (C=O) groups is 1. The summed E-state index contributed by atoms with van der Waals surface area (Å²) in [6.07, 6.45) is 1.85. The van der Waals surface area contributed by atoms with Crippen molar-refractivity contribution in [2.45, 2.75) is 26.7 Å². The number of hydrogen-bond donors (Lipinski definition) is 1. The van der Waals surface area contributed by atoms with Crippen LogP contribution in [0, 0.1) is 5.41 Å². The number of carbonyl (C=O) groups excluding carboxylic acids is 1. The molecule has 0 aromatic rings. The third-order valence-electron chi connectivity index (χ3n) is 2.73. The van der Waals surface area contributed by atoms with E-state index in [1.807, 2.05) is 6.92 Å². The Hall–Kier alpha value is -0.620. The van der Waals surface area contributed by atoms with E-state index < -0.39 is 21.2 Å². The van der Waals surface area contributed by atoms with Crippen LogP contribution in [0.15, 0.2) is 0 Å². The van der Waals surface area contributed by atoms with E-state index in [2.05, 4.69) is 0 Å². The predicted molar refractivity (Wildman–Crippen MR) is 62.7 cm³/mol. The molecule has 0 aliphatic rings. The van der Waals surface area contributed by atoms with Gasteiger partial charge >= 0.3 is 5.97 Å². The minimum Gasteiger partial charge on any atom is -0.466 e. The zero-order chi connectivity index (χ0) is 12.8. The van der Waals surface area contributed by atoms with Crippen molar-refractivity contribution in [3.05, 3.63) is 0 Å². The van der Waals surface area contributed by atoms with E-state index in [4.69, 9.17) is 10.5 Å². The molecule has 0 aliphatic carbocycles. The predicted octanol–water partition coefficient (Wildman–Crippen LogP) is 0.339. The summed E-state index contributed by atoms with van der Waals surface area (Å²) < 4.78 is 27.1. The molecule has 0 rings (SSSR count). The number of hydrogen-bond acceptors (Lipinski definition) is 5. The van der Waals surface area contributed by atoms with E-state index in [0.717, 1.165) is 6.26 Å². The molecule has 6 heteroatoms. The highest BCUT2D eigenvalue weighted by molar-refractivity contribution is 7.90. The Morgan fingerprint density at radius 3 is 2.25 bits per heavy atom. The normalized spacial score (nSPS) is 15.5. The highest BCUT2D eigenvalue weighted by Crippen LogP contribution is 2.27. The molecule has 0 saturated heterocycles. The van der Waals surface area contributed by atoms with Crippen molar-refractivity contribution < 1.29 is 17.9 Å². The lowest BCUT2D eigenvalue weighted by atomic mass is 9.82. The maximum Gasteiger partial charge on any atom is 0.313 e. The smallest absolute Gasteiger partial charge is 0.313 e. The van der Waals surface area contributed by atoms with Crippen molar-refractivity contribution in [2.75, 3.05) is 25.2 Å². The van der Waals surface area contributed by atoms with E-state index in [-0.39, 0.29) is 25.3 Å². The van der Waals surface area contributed by atoms with Crippen molar-refractivity contribution >= 4 is 15.8 Å². The minimum absolute atomic E-state index is 0.0448. The molecule has 0 aliphatic heterocycles. The summed E-state index contributed by atoms with van der Waals surface area (Å²) in [5, 5.41) is 0. The van der Waals surface area contributed by atoms with Crippen molar-refractivity contribution in [1.82, 2.24) is 0 Å². The van der Waals surface area contributed by atoms with Crippen LogP contribution >= 0.6 is 0 Å². The van der Waals surface area contributed by atoms with Crippen LogP contribution in [0.25, 0.3) is 0 Å². The fourth-order valence-corrected chi connectivity index (χ4v) is 2.18. The summed E-state index contributed by atoms with van der Waals surface area (Å²) in [7, 11) is -3.09. The molecule has 0 amide bonds. The second kappa shape index (κ2) is 6.20. The molecule has 5 nitrogen and oxygen atoms in total. The van der Waals surface area contributed by atoms with Gasteiger partial charge in [-0.1, -0.05) is 6.92 Å². The number of esters is 1. The highest BCUT2D eigenvalue weighted by atomic mass is 32.2. The van der Waals surface area contributed by atoms with Gasteiger partial charge in [0.15, 0.2) is 0 Å². The van der Waals surface area contributed by atoms with Gasteiger partial charge in [-0.3, -0.25) is 4.79 Å². The highest BCUT2D eigenvalue weighted by Gasteiger charge is 2.37. The van der Waals surface area contributed by atoms with E-state index in [1.54, 1.807) is 6.92 Å². The zero-order valence-electron chi connectivity index (χ0n) is 10.2.